The standard InChI is InChI=1S/C9H11N9O/c10-7(11)14-8(12)13-5-1-3-6(4-2-5)19-9-15-17-18-16-9/h1-4H,(H,15,16,17,18)(H6,10,11,12,13,14). The quantitative estimate of drug-likeness (QED) is 0.414. The van der Waals surface area contributed by atoms with Crippen LogP contribution in [0.4, 0.5) is 5.69 Å². The number of tetrazole rings is 1. The molecule has 1 heterocycles. The van der Waals surface area contributed by atoms with Crippen LogP contribution in [-0.2, 0) is 0 Å². The van der Waals surface area contributed by atoms with Gasteiger partial charge in [0.25, 0.3) is 0 Å². The van der Waals surface area contributed by atoms with Crippen molar-refractivity contribution in [2.24, 2.45) is 27.2 Å². The number of H-pyrrole nitrogens is 1. The molecule has 0 spiro atoms. The number of nitrogens with one attached hydrogen (secondary N) is 1. The molecule has 0 aliphatic heterocycles. The fraction of sp³-hybridized carbons (Fsp3) is 0. The number of guanidine groups is 2. The van der Waals surface area contributed by atoms with Crippen molar-refractivity contribution in [1.29, 1.82) is 0 Å². The third-order valence-electron chi connectivity index (χ3n) is 1.86. The van der Waals surface area contributed by atoms with Gasteiger partial charge < -0.3 is 21.9 Å². The van der Waals surface area contributed by atoms with Crippen molar-refractivity contribution < 1.29 is 4.74 Å². The van der Waals surface area contributed by atoms with E-state index in [1.165, 1.54) is 0 Å². The molecule has 0 unspecified atom stereocenters. The largest absolute Gasteiger partial charge is 0.422 e. The second kappa shape index (κ2) is 5.44. The SMILES string of the molecule is NC(N)=NC(N)=Nc1ccc(Oc2nn[nH]n2)cc1. The second-order valence-corrected chi connectivity index (χ2v) is 3.30. The van der Waals surface area contributed by atoms with E-state index in [4.69, 9.17) is 21.9 Å². The lowest BCUT2D eigenvalue weighted by atomic mass is 10.3. The number of aliphatic imine (C=N–C) groups is 2. The highest BCUT2D eigenvalue weighted by Crippen LogP contribution is 2.21. The summed E-state index contributed by atoms with van der Waals surface area (Å²) in [6, 6.07) is 6.79. The van der Waals surface area contributed by atoms with Gasteiger partial charge in [-0.3, -0.25) is 0 Å². The molecule has 10 heteroatoms. The van der Waals surface area contributed by atoms with Crippen molar-refractivity contribution in [2.45, 2.75) is 0 Å². The van der Waals surface area contributed by atoms with Gasteiger partial charge in [0.1, 0.15) is 5.75 Å². The van der Waals surface area contributed by atoms with Crippen molar-refractivity contribution >= 4 is 17.6 Å². The number of rotatable bonds is 3. The number of benzene rings is 1. The first-order chi connectivity index (χ1) is 9.13. The summed E-state index contributed by atoms with van der Waals surface area (Å²) < 4.78 is 5.28. The highest BCUT2D eigenvalue weighted by molar-refractivity contribution is 5.93. The maximum atomic E-state index is 5.49. The van der Waals surface area contributed by atoms with Crippen molar-refractivity contribution in [3.05, 3.63) is 24.3 Å². The van der Waals surface area contributed by atoms with E-state index in [0.29, 0.717) is 11.4 Å². The average Bonchev–Trinajstić information content (AvgIpc) is 2.83. The number of nitrogens with two attached hydrogens (primary N) is 3. The maximum Gasteiger partial charge on any atom is 0.361 e. The van der Waals surface area contributed by atoms with Crippen LogP contribution in [0.5, 0.6) is 11.8 Å². The molecule has 0 atom stereocenters. The van der Waals surface area contributed by atoms with Gasteiger partial charge in [0.2, 0.25) is 5.96 Å². The molecule has 0 fully saturated rings. The third-order valence-corrected chi connectivity index (χ3v) is 1.86. The van der Waals surface area contributed by atoms with E-state index in [-0.39, 0.29) is 17.9 Å². The van der Waals surface area contributed by atoms with E-state index >= 15 is 0 Å². The predicted molar refractivity (Wildman–Crippen MR) is 67.8 cm³/mol. The first-order valence-electron chi connectivity index (χ1n) is 5.08. The summed E-state index contributed by atoms with van der Waals surface area (Å²) in [7, 11) is 0. The molecule has 19 heavy (non-hydrogen) atoms. The van der Waals surface area contributed by atoms with E-state index in [2.05, 4.69) is 30.6 Å². The lowest BCUT2D eigenvalue weighted by molar-refractivity contribution is 0.442. The second-order valence-electron chi connectivity index (χ2n) is 3.30. The summed E-state index contributed by atoms with van der Waals surface area (Å²) in [5.41, 5.74) is 16.4. The summed E-state index contributed by atoms with van der Waals surface area (Å²) in [6.07, 6.45) is 0. The lowest BCUT2D eigenvalue weighted by Crippen LogP contribution is -2.26. The highest BCUT2D eigenvalue weighted by atomic mass is 16.5. The van der Waals surface area contributed by atoms with E-state index in [0.717, 1.165) is 0 Å². The molecule has 98 valence electrons. The number of hydrogen-bond acceptors (Lipinski definition) is 5. The van der Waals surface area contributed by atoms with Gasteiger partial charge >= 0.3 is 6.01 Å². The van der Waals surface area contributed by atoms with Crippen molar-refractivity contribution in [3.63, 3.8) is 0 Å². The Morgan fingerprint density at radius 2 is 1.89 bits per heavy atom. The minimum absolute atomic E-state index is 0.0353. The first kappa shape index (κ1) is 12.3. The molecule has 0 bridgehead atoms. The van der Waals surface area contributed by atoms with Crippen molar-refractivity contribution in [3.8, 4) is 11.8 Å². The van der Waals surface area contributed by atoms with Crippen molar-refractivity contribution in [2.75, 3.05) is 0 Å². The van der Waals surface area contributed by atoms with Gasteiger partial charge in [0.05, 0.1) is 5.69 Å². The number of ether oxygens (including phenoxy) is 1. The van der Waals surface area contributed by atoms with Gasteiger partial charge in [-0.05, 0) is 29.5 Å². The molecule has 0 saturated heterocycles. The molecule has 2 rings (SSSR count). The Morgan fingerprint density at radius 3 is 2.47 bits per heavy atom. The average molecular weight is 261 g/mol. The van der Waals surface area contributed by atoms with Crippen molar-refractivity contribution in [1.82, 2.24) is 20.6 Å². The number of aromatic amines is 1. The van der Waals surface area contributed by atoms with Crippen LogP contribution < -0.4 is 21.9 Å². The minimum Gasteiger partial charge on any atom is -0.422 e. The number of hydrogen-bond donors (Lipinski definition) is 4. The van der Waals surface area contributed by atoms with Gasteiger partial charge in [-0.15, -0.1) is 0 Å². The summed E-state index contributed by atoms with van der Waals surface area (Å²) in [6.45, 7) is 0. The third kappa shape index (κ3) is 3.66. The number of aromatic nitrogens is 4. The van der Waals surface area contributed by atoms with Crippen LogP contribution in [0.3, 0.4) is 0 Å². The van der Waals surface area contributed by atoms with Gasteiger partial charge in [-0.2, -0.15) is 10.2 Å². The molecular weight excluding hydrogens is 250 g/mol. The van der Waals surface area contributed by atoms with E-state index in [1.54, 1.807) is 24.3 Å². The van der Waals surface area contributed by atoms with E-state index < -0.39 is 0 Å². The van der Waals surface area contributed by atoms with E-state index in [9.17, 15) is 0 Å². The molecule has 7 N–H and O–H groups in total. The summed E-state index contributed by atoms with van der Waals surface area (Å²) in [4.78, 5) is 7.57. The zero-order valence-corrected chi connectivity index (χ0v) is 9.69. The van der Waals surface area contributed by atoms with Crippen LogP contribution in [0.15, 0.2) is 34.3 Å². The minimum atomic E-state index is -0.154. The van der Waals surface area contributed by atoms with Crippen LogP contribution in [0.2, 0.25) is 0 Å². The molecule has 0 aliphatic rings. The van der Waals surface area contributed by atoms with Gasteiger partial charge in [-0.25, -0.2) is 4.99 Å². The molecule has 1 aromatic heterocycles. The highest BCUT2D eigenvalue weighted by Gasteiger charge is 2.01. The Bertz CT molecular complexity index is 583. The molecule has 0 amide bonds. The topological polar surface area (TPSA) is 166 Å². The Kier molecular flexibility index (Phi) is 3.52. The lowest BCUT2D eigenvalue weighted by Gasteiger charge is -2.00. The van der Waals surface area contributed by atoms with Crippen LogP contribution in [0.25, 0.3) is 0 Å². The molecule has 0 aliphatic carbocycles. The Morgan fingerprint density at radius 1 is 1.16 bits per heavy atom. The zero-order valence-electron chi connectivity index (χ0n) is 9.69. The Hall–Kier alpha value is -3.17. The van der Waals surface area contributed by atoms with Crippen LogP contribution >= 0.6 is 0 Å². The molecule has 0 radical (unpaired) electrons. The van der Waals surface area contributed by atoms with Gasteiger partial charge in [-0.1, -0.05) is 10.2 Å². The smallest absolute Gasteiger partial charge is 0.361 e. The van der Waals surface area contributed by atoms with Crippen LogP contribution in [-0.4, -0.2) is 32.5 Å². The molecular formula is C9H11N9O. The molecule has 1 aromatic carbocycles. The molecule has 0 saturated carbocycles. The zero-order chi connectivity index (χ0) is 13.7. The normalized spacial score (nSPS) is 11.1. The van der Waals surface area contributed by atoms with Gasteiger partial charge in [0, 0.05) is 0 Å². The monoisotopic (exact) mass is 261 g/mol. The summed E-state index contributed by atoms with van der Waals surface area (Å²) in [5.74, 6) is 0.339. The summed E-state index contributed by atoms with van der Waals surface area (Å²) >= 11 is 0. The fourth-order valence-electron chi connectivity index (χ4n) is 1.18. The summed E-state index contributed by atoms with van der Waals surface area (Å²) in [5, 5.41) is 12.9. The molecule has 2 aromatic rings. The van der Waals surface area contributed by atoms with Gasteiger partial charge in [0.15, 0.2) is 5.96 Å². The van der Waals surface area contributed by atoms with Crippen LogP contribution in [0.1, 0.15) is 0 Å². The Balaban J connectivity index is 2.08. The predicted octanol–water partition coefficient (Wildman–Crippen LogP) is -0.788. The fourth-order valence-corrected chi connectivity index (χ4v) is 1.18. The maximum absolute atomic E-state index is 5.49. The molecule has 10 nitrogen and oxygen atoms in total. The number of nitrogens with zero attached hydrogens (tertiary/aromatic N) is 5. The van der Waals surface area contributed by atoms with Crippen LogP contribution in [0, 0.1) is 0 Å². The van der Waals surface area contributed by atoms with E-state index in [1.807, 2.05) is 0 Å². The first-order valence-corrected chi connectivity index (χ1v) is 5.08. The Labute approximate surface area is 107 Å².